The zero-order valence-electron chi connectivity index (χ0n) is 14.2. The van der Waals surface area contributed by atoms with E-state index in [0.29, 0.717) is 23.9 Å². The highest BCUT2D eigenvalue weighted by Gasteiger charge is 2.06. The number of benzene rings is 2. The smallest absolute Gasteiger partial charge is 0.238 e. The van der Waals surface area contributed by atoms with E-state index in [1.807, 2.05) is 18.2 Å². The maximum atomic E-state index is 11.2. The minimum absolute atomic E-state index is 0.129. The molecule has 0 aliphatic carbocycles. The molecule has 25 heavy (non-hydrogen) atoms. The lowest BCUT2D eigenvalue weighted by Crippen LogP contribution is -2.17. The molecular formula is C18H23ClN2O3S. The fraction of sp³-hybridized carbons (Fsp3) is 0.333. The number of nitrogens with two attached hydrogens (primary N) is 1. The molecule has 0 aliphatic rings. The summed E-state index contributed by atoms with van der Waals surface area (Å²) in [6.07, 6.45) is 1.73. The van der Waals surface area contributed by atoms with Gasteiger partial charge in [-0.15, -0.1) is 0 Å². The SMILES string of the molecule is CCCOc1ccc(CNCCc2ccc(S(N)(=O)=O)cc2)cc1Cl. The molecule has 3 N–H and O–H groups in total. The van der Waals surface area contributed by atoms with Gasteiger partial charge in [-0.3, -0.25) is 0 Å². The molecule has 2 aromatic rings. The average molecular weight is 383 g/mol. The van der Waals surface area contributed by atoms with Crippen LogP contribution in [-0.4, -0.2) is 21.6 Å². The number of ether oxygens (including phenoxy) is 1. The lowest BCUT2D eigenvalue weighted by molar-refractivity contribution is 0.317. The van der Waals surface area contributed by atoms with E-state index in [-0.39, 0.29) is 4.90 Å². The van der Waals surface area contributed by atoms with Crippen LogP contribution in [0.4, 0.5) is 0 Å². The largest absolute Gasteiger partial charge is 0.492 e. The number of halogens is 1. The molecule has 0 saturated carbocycles. The highest BCUT2D eigenvalue weighted by molar-refractivity contribution is 7.89. The number of nitrogens with one attached hydrogen (secondary N) is 1. The van der Waals surface area contributed by atoms with Crippen molar-refractivity contribution in [2.24, 2.45) is 5.14 Å². The molecule has 0 heterocycles. The number of rotatable bonds is 9. The van der Waals surface area contributed by atoms with Crippen molar-refractivity contribution in [3.8, 4) is 5.75 Å². The Bertz CT molecular complexity index is 792. The molecule has 0 aliphatic heterocycles. The van der Waals surface area contributed by atoms with E-state index in [1.54, 1.807) is 12.1 Å². The molecule has 136 valence electrons. The lowest BCUT2D eigenvalue weighted by atomic mass is 10.1. The van der Waals surface area contributed by atoms with Gasteiger partial charge in [0.2, 0.25) is 10.0 Å². The molecule has 2 rings (SSSR count). The fourth-order valence-corrected chi connectivity index (χ4v) is 3.07. The summed E-state index contributed by atoms with van der Waals surface area (Å²) in [7, 11) is -3.63. The fourth-order valence-electron chi connectivity index (χ4n) is 2.29. The van der Waals surface area contributed by atoms with Gasteiger partial charge in [0.15, 0.2) is 0 Å². The van der Waals surface area contributed by atoms with Gasteiger partial charge < -0.3 is 10.1 Å². The van der Waals surface area contributed by atoms with E-state index >= 15 is 0 Å². The molecular weight excluding hydrogens is 360 g/mol. The zero-order valence-corrected chi connectivity index (χ0v) is 15.7. The van der Waals surface area contributed by atoms with Gasteiger partial charge >= 0.3 is 0 Å². The first-order valence-electron chi connectivity index (χ1n) is 8.14. The lowest BCUT2D eigenvalue weighted by Gasteiger charge is -2.10. The molecule has 0 fully saturated rings. The van der Waals surface area contributed by atoms with Crippen LogP contribution in [0.3, 0.4) is 0 Å². The minimum atomic E-state index is -3.63. The third kappa shape index (κ3) is 6.32. The first-order valence-corrected chi connectivity index (χ1v) is 10.1. The van der Waals surface area contributed by atoms with Crippen LogP contribution >= 0.6 is 11.6 Å². The Balaban J connectivity index is 1.80. The van der Waals surface area contributed by atoms with Gasteiger partial charge in [-0.25, -0.2) is 13.6 Å². The molecule has 0 atom stereocenters. The van der Waals surface area contributed by atoms with Gasteiger partial charge in [0, 0.05) is 6.54 Å². The normalized spacial score (nSPS) is 11.5. The third-order valence-corrected chi connectivity index (χ3v) is 4.85. The van der Waals surface area contributed by atoms with Gasteiger partial charge in [0.25, 0.3) is 0 Å². The van der Waals surface area contributed by atoms with Gasteiger partial charge in [-0.05, 0) is 54.8 Å². The van der Waals surface area contributed by atoms with Crippen molar-refractivity contribution in [1.29, 1.82) is 0 Å². The summed E-state index contributed by atoms with van der Waals surface area (Å²) in [6.45, 7) is 4.17. The van der Waals surface area contributed by atoms with E-state index in [2.05, 4.69) is 12.2 Å². The average Bonchev–Trinajstić information content (AvgIpc) is 2.57. The van der Waals surface area contributed by atoms with Gasteiger partial charge in [-0.1, -0.05) is 36.7 Å². The van der Waals surface area contributed by atoms with E-state index in [4.69, 9.17) is 21.5 Å². The van der Waals surface area contributed by atoms with Crippen LogP contribution in [0.25, 0.3) is 0 Å². The van der Waals surface area contributed by atoms with Gasteiger partial charge in [-0.2, -0.15) is 0 Å². The van der Waals surface area contributed by atoms with Crippen molar-refractivity contribution in [1.82, 2.24) is 5.32 Å². The van der Waals surface area contributed by atoms with Crippen molar-refractivity contribution < 1.29 is 13.2 Å². The van der Waals surface area contributed by atoms with Gasteiger partial charge in [0.1, 0.15) is 5.75 Å². The van der Waals surface area contributed by atoms with Crippen LogP contribution in [0, 0.1) is 0 Å². The summed E-state index contributed by atoms with van der Waals surface area (Å²) >= 11 is 6.21. The van der Waals surface area contributed by atoms with Crippen LogP contribution in [-0.2, 0) is 23.0 Å². The van der Waals surface area contributed by atoms with E-state index < -0.39 is 10.0 Å². The van der Waals surface area contributed by atoms with Crippen LogP contribution in [0.5, 0.6) is 5.75 Å². The maximum Gasteiger partial charge on any atom is 0.238 e. The van der Waals surface area contributed by atoms with Crippen molar-refractivity contribution in [3.05, 3.63) is 58.6 Å². The zero-order chi connectivity index (χ0) is 18.3. The van der Waals surface area contributed by atoms with Crippen molar-refractivity contribution >= 4 is 21.6 Å². The van der Waals surface area contributed by atoms with Crippen LogP contribution in [0.1, 0.15) is 24.5 Å². The molecule has 7 heteroatoms. The van der Waals surface area contributed by atoms with Gasteiger partial charge in [0.05, 0.1) is 16.5 Å². The summed E-state index contributed by atoms with van der Waals surface area (Å²) in [5.74, 6) is 0.710. The quantitative estimate of drug-likeness (QED) is 0.653. The Morgan fingerprint density at radius 2 is 1.80 bits per heavy atom. The monoisotopic (exact) mass is 382 g/mol. The predicted molar refractivity (Wildman–Crippen MR) is 100 cm³/mol. The second-order valence-electron chi connectivity index (χ2n) is 5.73. The molecule has 0 amide bonds. The van der Waals surface area contributed by atoms with Crippen molar-refractivity contribution in [3.63, 3.8) is 0 Å². The van der Waals surface area contributed by atoms with E-state index in [1.165, 1.54) is 12.1 Å². The molecule has 0 unspecified atom stereocenters. The third-order valence-electron chi connectivity index (χ3n) is 3.63. The second-order valence-corrected chi connectivity index (χ2v) is 7.70. The Kier molecular flexibility index (Phi) is 7.25. The van der Waals surface area contributed by atoms with E-state index in [9.17, 15) is 8.42 Å². The van der Waals surface area contributed by atoms with Crippen molar-refractivity contribution in [2.45, 2.75) is 31.2 Å². The molecule has 5 nitrogen and oxygen atoms in total. The molecule has 0 bridgehead atoms. The summed E-state index contributed by atoms with van der Waals surface area (Å²) < 4.78 is 28.0. The Hall–Kier alpha value is -1.60. The summed E-state index contributed by atoms with van der Waals surface area (Å²) in [5.41, 5.74) is 2.12. The van der Waals surface area contributed by atoms with E-state index in [0.717, 1.165) is 30.5 Å². The molecule has 0 saturated heterocycles. The number of primary sulfonamides is 1. The maximum absolute atomic E-state index is 11.2. The predicted octanol–water partition coefficient (Wildman–Crippen LogP) is 3.11. The summed E-state index contributed by atoms with van der Waals surface area (Å²) in [5, 5.41) is 9.04. The first-order chi connectivity index (χ1) is 11.9. The van der Waals surface area contributed by atoms with Crippen molar-refractivity contribution in [2.75, 3.05) is 13.2 Å². The topological polar surface area (TPSA) is 81.4 Å². The highest BCUT2D eigenvalue weighted by atomic mass is 35.5. The Morgan fingerprint density at radius 3 is 2.40 bits per heavy atom. The number of hydrogen-bond acceptors (Lipinski definition) is 4. The standard InChI is InChI=1S/C18H23ClN2O3S/c1-2-11-24-18-8-5-15(12-17(18)19)13-21-10-9-14-3-6-16(7-4-14)25(20,22)23/h3-8,12,21H,2,9-11,13H2,1H3,(H2,20,22,23). The summed E-state index contributed by atoms with van der Waals surface area (Å²) in [6, 6.07) is 12.4. The van der Waals surface area contributed by atoms with Crippen LogP contribution in [0.2, 0.25) is 5.02 Å². The first kappa shape index (κ1) is 19.7. The van der Waals surface area contributed by atoms with Crippen LogP contribution < -0.4 is 15.2 Å². The Morgan fingerprint density at radius 1 is 1.12 bits per heavy atom. The Labute approximate surface area is 154 Å². The van der Waals surface area contributed by atoms with Crippen LogP contribution in [0.15, 0.2) is 47.4 Å². The molecule has 2 aromatic carbocycles. The molecule has 0 spiro atoms. The number of sulfonamides is 1. The highest BCUT2D eigenvalue weighted by Crippen LogP contribution is 2.25. The molecule has 0 radical (unpaired) electrons. The second kappa shape index (κ2) is 9.20. The summed E-state index contributed by atoms with van der Waals surface area (Å²) in [4.78, 5) is 0.129. The number of hydrogen-bond donors (Lipinski definition) is 2. The minimum Gasteiger partial charge on any atom is -0.492 e. The molecule has 0 aromatic heterocycles.